The van der Waals surface area contributed by atoms with Crippen molar-refractivity contribution in [3.05, 3.63) is 35.9 Å². The second kappa shape index (κ2) is 7.03. The third kappa shape index (κ3) is 2.82. The third-order valence-electron chi connectivity index (χ3n) is 6.62. The molecule has 2 saturated heterocycles. The van der Waals surface area contributed by atoms with E-state index in [1.165, 1.54) is 29.7 Å². The molecule has 0 atom stereocenters. The molecule has 0 N–H and O–H groups in total. The molecule has 2 heterocycles. The van der Waals surface area contributed by atoms with E-state index in [0.717, 1.165) is 32.4 Å². The minimum absolute atomic E-state index is 0.0336. The minimum Gasteiger partial charge on any atom is -0.309 e. The first-order valence-electron chi connectivity index (χ1n) is 10.1. The quantitative estimate of drug-likeness (QED) is 0.763. The van der Waals surface area contributed by atoms with Gasteiger partial charge in [-0.2, -0.15) is 0 Å². The van der Waals surface area contributed by atoms with Crippen molar-refractivity contribution in [2.75, 3.05) is 26.2 Å². The van der Waals surface area contributed by atoms with Gasteiger partial charge in [-0.3, -0.25) is 9.69 Å². The summed E-state index contributed by atoms with van der Waals surface area (Å²) in [5.41, 5.74) is 0.604. The van der Waals surface area contributed by atoms with E-state index in [2.05, 4.69) is 17.0 Å². The fourth-order valence-electron chi connectivity index (χ4n) is 4.75. The largest absolute Gasteiger partial charge is 0.327 e. The zero-order valence-electron chi connectivity index (χ0n) is 15.7. The zero-order valence-corrected chi connectivity index (χ0v) is 15.7. The highest BCUT2D eigenvalue weighted by Gasteiger charge is 2.57. The number of urea groups is 1. The van der Waals surface area contributed by atoms with Crippen LogP contribution in [0.5, 0.6) is 0 Å². The van der Waals surface area contributed by atoms with Crippen molar-refractivity contribution >= 4 is 11.9 Å². The molecule has 2 aliphatic heterocycles. The average Bonchev–Trinajstić information content (AvgIpc) is 2.81. The first kappa shape index (κ1) is 17.5. The van der Waals surface area contributed by atoms with Crippen molar-refractivity contribution in [2.24, 2.45) is 0 Å². The lowest BCUT2D eigenvalue weighted by Crippen LogP contribution is -2.59. The Morgan fingerprint density at radius 3 is 2.35 bits per heavy atom. The normalized spacial score (nSPS) is 23.7. The summed E-state index contributed by atoms with van der Waals surface area (Å²) in [5.74, 6) is 0.0336. The zero-order chi connectivity index (χ0) is 18.1. The molecule has 0 bridgehead atoms. The number of hydrogen-bond acceptors (Lipinski definition) is 3. The summed E-state index contributed by atoms with van der Waals surface area (Å²) in [7, 11) is 0. The van der Waals surface area contributed by atoms with Crippen LogP contribution in [0.1, 0.15) is 44.6 Å². The van der Waals surface area contributed by atoms with Gasteiger partial charge in [0, 0.05) is 32.2 Å². The van der Waals surface area contributed by atoms with E-state index in [1.54, 1.807) is 0 Å². The van der Waals surface area contributed by atoms with Gasteiger partial charge in [-0.25, -0.2) is 4.79 Å². The van der Waals surface area contributed by atoms with Gasteiger partial charge >= 0.3 is 6.03 Å². The van der Waals surface area contributed by atoms with Gasteiger partial charge in [-0.15, -0.1) is 0 Å². The second-order valence-electron chi connectivity index (χ2n) is 7.87. The summed E-state index contributed by atoms with van der Waals surface area (Å²) in [6, 6.07) is 10.8. The van der Waals surface area contributed by atoms with Crippen molar-refractivity contribution in [1.82, 2.24) is 14.7 Å². The van der Waals surface area contributed by atoms with E-state index in [4.69, 9.17) is 0 Å². The van der Waals surface area contributed by atoms with Crippen LogP contribution in [0.25, 0.3) is 0 Å². The molecule has 26 heavy (non-hydrogen) atoms. The smallest absolute Gasteiger partial charge is 0.309 e. The van der Waals surface area contributed by atoms with Crippen LogP contribution in [-0.4, -0.2) is 64.4 Å². The lowest BCUT2D eigenvalue weighted by molar-refractivity contribution is -0.136. The lowest BCUT2D eigenvalue weighted by Gasteiger charge is -2.46. The van der Waals surface area contributed by atoms with Crippen LogP contribution in [0.3, 0.4) is 0 Å². The highest BCUT2D eigenvalue weighted by molar-refractivity contribution is 6.07. The predicted molar refractivity (Wildman–Crippen MR) is 101 cm³/mol. The van der Waals surface area contributed by atoms with Crippen LogP contribution in [0.15, 0.2) is 30.3 Å². The van der Waals surface area contributed by atoms with E-state index in [1.807, 2.05) is 30.0 Å². The standard InChI is InChI=1S/C21H29N3O2/c1-2-23-19(25)21(12-15-22(16-13-21)18-9-6-10-18)24(20(23)26)14-11-17-7-4-3-5-8-17/h3-5,7-8,18H,2,6,9-16H2,1H3. The van der Waals surface area contributed by atoms with Gasteiger partial charge in [-0.05, 0) is 44.6 Å². The first-order valence-corrected chi connectivity index (χ1v) is 10.1. The number of likely N-dealkylation sites (tertiary alicyclic amines) is 1. The van der Waals surface area contributed by atoms with Crippen molar-refractivity contribution in [1.29, 1.82) is 0 Å². The number of carbonyl (C=O) groups excluding carboxylic acids is 2. The van der Waals surface area contributed by atoms with Gasteiger partial charge in [0.05, 0.1) is 0 Å². The lowest BCUT2D eigenvalue weighted by atomic mass is 9.82. The molecule has 0 unspecified atom stereocenters. The summed E-state index contributed by atoms with van der Waals surface area (Å²) in [4.78, 5) is 32.0. The van der Waals surface area contributed by atoms with Crippen LogP contribution < -0.4 is 0 Å². The molecule has 1 saturated carbocycles. The maximum Gasteiger partial charge on any atom is 0.327 e. The Balaban J connectivity index is 1.51. The Bertz CT molecular complexity index is 663. The number of rotatable bonds is 5. The van der Waals surface area contributed by atoms with Gasteiger partial charge in [0.1, 0.15) is 5.54 Å². The minimum atomic E-state index is -0.609. The van der Waals surface area contributed by atoms with Crippen LogP contribution in [-0.2, 0) is 11.2 Å². The predicted octanol–water partition coefficient (Wildman–Crippen LogP) is 2.90. The van der Waals surface area contributed by atoms with Crippen LogP contribution in [0.2, 0.25) is 0 Å². The second-order valence-corrected chi connectivity index (χ2v) is 7.87. The molecule has 1 aromatic rings. The Kier molecular flexibility index (Phi) is 4.74. The number of imide groups is 1. The molecule has 1 spiro atoms. The molecule has 1 aliphatic carbocycles. The molecule has 3 fully saturated rings. The highest BCUT2D eigenvalue weighted by Crippen LogP contribution is 2.39. The Labute approximate surface area is 155 Å². The third-order valence-corrected chi connectivity index (χ3v) is 6.62. The van der Waals surface area contributed by atoms with Gasteiger partial charge in [0.15, 0.2) is 0 Å². The average molecular weight is 355 g/mol. The molecule has 140 valence electrons. The highest BCUT2D eigenvalue weighted by atomic mass is 16.2. The maximum atomic E-state index is 13.2. The molecule has 0 aromatic heterocycles. The fourth-order valence-corrected chi connectivity index (χ4v) is 4.75. The molecule has 1 aromatic carbocycles. The van der Waals surface area contributed by atoms with Gasteiger partial charge in [0.2, 0.25) is 0 Å². The van der Waals surface area contributed by atoms with Crippen molar-refractivity contribution in [3.63, 3.8) is 0 Å². The van der Waals surface area contributed by atoms with Crippen molar-refractivity contribution in [2.45, 2.75) is 57.0 Å². The number of nitrogens with zero attached hydrogens (tertiary/aromatic N) is 3. The Morgan fingerprint density at radius 1 is 1.08 bits per heavy atom. The number of carbonyl (C=O) groups is 2. The molecule has 3 amide bonds. The molecular weight excluding hydrogens is 326 g/mol. The number of hydrogen-bond donors (Lipinski definition) is 0. The Morgan fingerprint density at radius 2 is 1.77 bits per heavy atom. The van der Waals surface area contributed by atoms with Crippen LogP contribution in [0.4, 0.5) is 4.79 Å². The molecule has 0 radical (unpaired) electrons. The van der Waals surface area contributed by atoms with E-state index in [9.17, 15) is 9.59 Å². The summed E-state index contributed by atoms with van der Waals surface area (Å²) in [6.45, 7) is 4.85. The van der Waals surface area contributed by atoms with Gasteiger partial charge in [0.25, 0.3) is 5.91 Å². The fraction of sp³-hybridized carbons (Fsp3) is 0.619. The van der Waals surface area contributed by atoms with E-state index >= 15 is 0 Å². The van der Waals surface area contributed by atoms with Gasteiger partial charge < -0.3 is 9.80 Å². The topological polar surface area (TPSA) is 43.9 Å². The molecule has 3 aliphatic rings. The Hall–Kier alpha value is -1.88. The first-order chi connectivity index (χ1) is 12.7. The van der Waals surface area contributed by atoms with Crippen LogP contribution in [0, 0.1) is 0 Å². The summed E-state index contributed by atoms with van der Waals surface area (Å²) in [5, 5.41) is 0. The SMILES string of the molecule is CCN1C(=O)N(CCc2ccccc2)C2(CCN(C3CCC3)CC2)C1=O. The van der Waals surface area contributed by atoms with Crippen molar-refractivity contribution < 1.29 is 9.59 Å². The van der Waals surface area contributed by atoms with Crippen LogP contribution >= 0.6 is 0 Å². The monoisotopic (exact) mass is 355 g/mol. The number of amides is 3. The van der Waals surface area contributed by atoms with Gasteiger partial charge in [-0.1, -0.05) is 36.8 Å². The number of likely N-dealkylation sites (N-methyl/N-ethyl adjacent to an activating group) is 1. The summed E-state index contributed by atoms with van der Waals surface area (Å²) in [6.07, 6.45) is 6.26. The van der Waals surface area contributed by atoms with Crippen molar-refractivity contribution in [3.8, 4) is 0 Å². The number of piperidine rings is 1. The molecule has 4 rings (SSSR count). The molecule has 5 heteroatoms. The molecular formula is C21H29N3O2. The maximum absolute atomic E-state index is 13.2. The summed E-state index contributed by atoms with van der Waals surface area (Å²) >= 11 is 0. The van der Waals surface area contributed by atoms with E-state index in [0.29, 0.717) is 19.1 Å². The molecule has 5 nitrogen and oxygen atoms in total. The summed E-state index contributed by atoms with van der Waals surface area (Å²) < 4.78 is 0. The number of benzene rings is 1. The van der Waals surface area contributed by atoms with E-state index < -0.39 is 5.54 Å². The van der Waals surface area contributed by atoms with E-state index in [-0.39, 0.29) is 11.9 Å².